The SMILES string of the molecule is CCCC(=O)N=C1S/C(=C\c2cc(Br)c(OCc3ccc(Cl)c(Cl)c3)c(OCC)c2)C(O)=C1C(=O)OCC. The number of hydrogen-bond acceptors (Lipinski definition) is 7. The predicted molar refractivity (Wildman–Crippen MR) is 155 cm³/mol. The van der Waals surface area contributed by atoms with Crippen molar-refractivity contribution in [3.63, 3.8) is 0 Å². The molecule has 7 nitrogen and oxygen atoms in total. The van der Waals surface area contributed by atoms with Gasteiger partial charge in [0.1, 0.15) is 23.0 Å². The van der Waals surface area contributed by atoms with Gasteiger partial charge in [0.25, 0.3) is 0 Å². The van der Waals surface area contributed by atoms with Crippen molar-refractivity contribution in [1.82, 2.24) is 0 Å². The van der Waals surface area contributed by atoms with Gasteiger partial charge in [-0.25, -0.2) is 9.79 Å². The molecule has 0 aromatic heterocycles. The molecule has 202 valence electrons. The molecule has 2 aromatic carbocycles. The molecule has 0 radical (unpaired) electrons. The summed E-state index contributed by atoms with van der Waals surface area (Å²) >= 11 is 16.7. The lowest BCUT2D eigenvalue weighted by Crippen LogP contribution is -2.14. The number of ether oxygens (including phenoxy) is 3. The predicted octanol–water partition coefficient (Wildman–Crippen LogP) is 7.92. The van der Waals surface area contributed by atoms with E-state index in [4.69, 9.17) is 37.4 Å². The standard InChI is InChI=1S/C27H26BrCl2NO6S/c1-4-7-22(32)31-26-23(27(34)36-6-3)24(33)21(38-26)13-16-10-17(28)25(20(12-16)35-5-2)37-14-15-8-9-18(29)19(30)11-15/h8-13,33H,4-7,14H2,1-3H3/b21-13-,31-26?. The average molecular weight is 643 g/mol. The number of aliphatic imine (C=N–C) groups is 1. The summed E-state index contributed by atoms with van der Waals surface area (Å²) in [5.74, 6) is -0.469. The van der Waals surface area contributed by atoms with E-state index in [-0.39, 0.29) is 41.9 Å². The van der Waals surface area contributed by atoms with Crippen LogP contribution in [0.2, 0.25) is 10.0 Å². The van der Waals surface area contributed by atoms with Crippen LogP contribution >= 0.6 is 50.9 Å². The number of esters is 1. The van der Waals surface area contributed by atoms with Crippen LogP contribution in [0.25, 0.3) is 6.08 Å². The van der Waals surface area contributed by atoms with Crippen LogP contribution < -0.4 is 9.47 Å². The second-order valence-corrected chi connectivity index (χ2v) is 10.6. The summed E-state index contributed by atoms with van der Waals surface area (Å²) in [6.07, 6.45) is 2.51. The molecule has 0 aliphatic carbocycles. The molecule has 38 heavy (non-hydrogen) atoms. The van der Waals surface area contributed by atoms with Crippen LogP contribution in [0.5, 0.6) is 11.5 Å². The highest BCUT2D eigenvalue weighted by Crippen LogP contribution is 2.42. The number of aliphatic hydroxyl groups excluding tert-OH is 1. The van der Waals surface area contributed by atoms with Crippen molar-refractivity contribution in [3.8, 4) is 11.5 Å². The van der Waals surface area contributed by atoms with E-state index in [2.05, 4.69) is 20.9 Å². The van der Waals surface area contributed by atoms with Gasteiger partial charge in [-0.05, 0) is 77.7 Å². The van der Waals surface area contributed by atoms with Crippen molar-refractivity contribution in [3.05, 3.63) is 72.2 Å². The molecule has 0 atom stereocenters. The Morgan fingerprint density at radius 3 is 2.50 bits per heavy atom. The first-order valence-corrected chi connectivity index (χ1v) is 14.2. The molecule has 1 aliphatic rings. The van der Waals surface area contributed by atoms with E-state index >= 15 is 0 Å². The number of carbonyl (C=O) groups excluding carboxylic acids is 2. The van der Waals surface area contributed by atoms with Crippen LogP contribution in [0.1, 0.15) is 44.7 Å². The molecule has 0 fully saturated rings. The van der Waals surface area contributed by atoms with Gasteiger partial charge >= 0.3 is 5.97 Å². The highest BCUT2D eigenvalue weighted by Gasteiger charge is 2.33. The topological polar surface area (TPSA) is 94.4 Å². The largest absolute Gasteiger partial charge is 0.506 e. The number of carbonyl (C=O) groups is 2. The quantitative estimate of drug-likeness (QED) is 0.263. The Morgan fingerprint density at radius 1 is 1.08 bits per heavy atom. The zero-order valence-electron chi connectivity index (χ0n) is 21.0. The highest BCUT2D eigenvalue weighted by atomic mass is 79.9. The first-order chi connectivity index (χ1) is 18.2. The van der Waals surface area contributed by atoms with E-state index in [1.165, 1.54) is 0 Å². The summed E-state index contributed by atoms with van der Waals surface area (Å²) in [5, 5.41) is 11.9. The minimum Gasteiger partial charge on any atom is -0.506 e. The molecule has 0 unspecified atom stereocenters. The van der Waals surface area contributed by atoms with Gasteiger partial charge in [0.2, 0.25) is 5.91 Å². The van der Waals surface area contributed by atoms with E-state index < -0.39 is 5.97 Å². The fraction of sp³-hybridized carbons (Fsp3) is 0.296. The van der Waals surface area contributed by atoms with Crippen LogP contribution in [0.3, 0.4) is 0 Å². The Bertz CT molecular complexity index is 1320. The van der Waals surface area contributed by atoms with Gasteiger partial charge in [0, 0.05) is 6.42 Å². The number of thioether (sulfide) groups is 1. The molecule has 1 N–H and O–H groups in total. The maximum Gasteiger partial charge on any atom is 0.344 e. The molecule has 3 rings (SSSR count). The minimum atomic E-state index is -0.744. The third kappa shape index (κ3) is 7.56. The number of halogens is 3. The highest BCUT2D eigenvalue weighted by molar-refractivity contribution is 9.10. The zero-order chi connectivity index (χ0) is 27.8. The van der Waals surface area contributed by atoms with Crippen LogP contribution in [-0.4, -0.2) is 35.2 Å². The van der Waals surface area contributed by atoms with E-state index in [0.29, 0.717) is 49.5 Å². The monoisotopic (exact) mass is 641 g/mol. The summed E-state index contributed by atoms with van der Waals surface area (Å²) in [6.45, 7) is 6.10. The fourth-order valence-electron chi connectivity index (χ4n) is 3.39. The number of rotatable bonds is 10. The molecular weight excluding hydrogens is 617 g/mol. The van der Waals surface area contributed by atoms with Gasteiger partial charge in [-0.15, -0.1) is 0 Å². The minimum absolute atomic E-state index is 0.108. The molecule has 11 heteroatoms. The first-order valence-electron chi connectivity index (χ1n) is 11.8. The van der Waals surface area contributed by atoms with Crippen molar-refractivity contribution in [2.75, 3.05) is 13.2 Å². The smallest absolute Gasteiger partial charge is 0.344 e. The van der Waals surface area contributed by atoms with Crippen LogP contribution in [-0.2, 0) is 20.9 Å². The molecule has 0 saturated carbocycles. The molecule has 0 saturated heterocycles. The number of hydrogen-bond donors (Lipinski definition) is 1. The average Bonchev–Trinajstić information content (AvgIpc) is 3.15. The van der Waals surface area contributed by atoms with Gasteiger partial charge in [-0.3, -0.25) is 4.79 Å². The van der Waals surface area contributed by atoms with Crippen molar-refractivity contribution >= 4 is 73.9 Å². The van der Waals surface area contributed by atoms with Gasteiger partial charge < -0.3 is 19.3 Å². The second-order valence-electron chi connectivity index (χ2n) is 7.92. The third-order valence-corrected chi connectivity index (χ3v) is 7.40. The van der Waals surface area contributed by atoms with Gasteiger partial charge in [0.05, 0.1) is 32.6 Å². The lowest BCUT2D eigenvalue weighted by Gasteiger charge is -2.15. The molecule has 1 amide bonds. The Hall–Kier alpha value is -2.46. The summed E-state index contributed by atoms with van der Waals surface area (Å²) < 4.78 is 17.5. The Balaban J connectivity index is 1.95. The summed E-state index contributed by atoms with van der Waals surface area (Å²) in [6, 6.07) is 8.79. The number of benzene rings is 2. The van der Waals surface area contributed by atoms with Gasteiger partial charge in [-0.1, -0.05) is 48.0 Å². The molecule has 2 aromatic rings. The van der Waals surface area contributed by atoms with Gasteiger partial charge in [0.15, 0.2) is 11.5 Å². The Morgan fingerprint density at radius 2 is 1.84 bits per heavy atom. The summed E-state index contributed by atoms with van der Waals surface area (Å²) in [4.78, 5) is 29.1. The van der Waals surface area contributed by atoms with Crippen LogP contribution in [0.15, 0.2) is 56.0 Å². The summed E-state index contributed by atoms with van der Waals surface area (Å²) in [7, 11) is 0. The maximum atomic E-state index is 12.5. The zero-order valence-corrected chi connectivity index (χ0v) is 24.9. The molecule has 0 bridgehead atoms. The lowest BCUT2D eigenvalue weighted by atomic mass is 10.1. The first kappa shape index (κ1) is 30.1. The molecule has 1 aliphatic heterocycles. The molecule has 1 heterocycles. The van der Waals surface area contributed by atoms with Crippen molar-refractivity contribution in [2.24, 2.45) is 4.99 Å². The van der Waals surface area contributed by atoms with E-state index in [1.54, 1.807) is 37.3 Å². The van der Waals surface area contributed by atoms with Crippen molar-refractivity contribution < 1.29 is 28.9 Å². The Labute approximate surface area is 244 Å². The lowest BCUT2D eigenvalue weighted by molar-refractivity contribution is -0.138. The number of aliphatic hydroxyl groups is 1. The van der Waals surface area contributed by atoms with Crippen molar-refractivity contribution in [2.45, 2.75) is 40.2 Å². The van der Waals surface area contributed by atoms with E-state index in [1.807, 2.05) is 19.9 Å². The normalized spacial score (nSPS) is 15.3. The van der Waals surface area contributed by atoms with Crippen molar-refractivity contribution in [1.29, 1.82) is 0 Å². The fourth-order valence-corrected chi connectivity index (χ4v) is 5.31. The number of nitrogens with zero attached hydrogens (tertiary/aromatic N) is 1. The second kappa shape index (κ2) is 14.1. The molecular formula is C27H26BrCl2NO6S. The third-order valence-electron chi connectivity index (χ3n) is 5.06. The van der Waals surface area contributed by atoms with E-state index in [0.717, 1.165) is 17.3 Å². The number of amides is 1. The van der Waals surface area contributed by atoms with Crippen LogP contribution in [0.4, 0.5) is 0 Å². The van der Waals surface area contributed by atoms with Crippen LogP contribution in [0, 0.1) is 0 Å². The maximum absolute atomic E-state index is 12.5. The molecule has 0 spiro atoms. The van der Waals surface area contributed by atoms with E-state index in [9.17, 15) is 14.7 Å². The Kier molecular flexibility index (Phi) is 11.1. The van der Waals surface area contributed by atoms with Gasteiger partial charge in [-0.2, -0.15) is 0 Å². The summed E-state index contributed by atoms with van der Waals surface area (Å²) in [5.41, 5.74) is 1.35.